The second-order valence-electron chi connectivity index (χ2n) is 5.57. The standard InChI is InChI=1S/C20H19N3O3/c1-25-19-11-14(12-22-23-20(21)24)9-10-18(19)26-13-16-7-4-6-15-5-2-3-8-17(15)16/h2-12H,13H2,1H3,(H3,21,23,24). The van der Waals surface area contributed by atoms with Crippen molar-refractivity contribution in [1.29, 1.82) is 0 Å². The number of rotatable bonds is 6. The Morgan fingerprint density at radius 2 is 1.92 bits per heavy atom. The van der Waals surface area contributed by atoms with Crippen LogP contribution in [-0.4, -0.2) is 19.4 Å². The molecule has 0 heterocycles. The number of benzene rings is 3. The van der Waals surface area contributed by atoms with Crippen molar-refractivity contribution in [2.45, 2.75) is 6.61 Å². The minimum atomic E-state index is -0.719. The molecule has 0 radical (unpaired) electrons. The van der Waals surface area contributed by atoms with E-state index in [1.54, 1.807) is 19.2 Å². The average molecular weight is 349 g/mol. The quantitative estimate of drug-likeness (QED) is 0.528. The summed E-state index contributed by atoms with van der Waals surface area (Å²) >= 11 is 0. The number of nitrogens with one attached hydrogen (secondary N) is 1. The highest BCUT2D eigenvalue weighted by atomic mass is 16.5. The maximum absolute atomic E-state index is 10.6. The molecule has 0 aromatic heterocycles. The lowest BCUT2D eigenvalue weighted by Crippen LogP contribution is -2.24. The van der Waals surface area contributed by atoms with Crippen molar-refractivity contribution in [3.05, 3.63) is 71.8 Å². The first kappa shape index (κ1) is 17.3. The summed E-state index contributed by atoms with van der Waals surface area (Å²) in [6.07, 6.45) is 1.47. The lowest BCUT2D eigenvalue weighted by atomic mass is 10.1. The summed E-state index contributed by atoms with van der Waals surface area (Å²) in [5.41, 5.74) is 8.95. The van der Waals surface area contributed by atoms with Crippen LogP contribution in [0.2, 0.25) is 0 Å². The summed E-state index contributed by atoms with van der Waals surface area (Å²) in [6, 6.07) is 19.0. The van der Waals surface area contributed by atoms with Crippen LogP contribution in [0.25, 0.3) is 10.8 Å². The lowest BCUT2D eigenvalue weighted by molar-refractivity contribution is 0.249. The van der Waals surface area contributed by atoms with Gasteiger partial charge < -0.3 is 15.2 Å². The van der Waals surface area contributed by atoms with E-state index in [1.807, 2.05) is 30.3 Å². The third-order valence-corrected chi connectivity index (χ3v) is 3.84. The predicted octanol–water partition coefficient (Wildman–Crippen LogP) is 3.43. The molecule has 26 heavy (non-hydrogen) atoms. The summed E-state index contributed by atoms with van der Waals surface area (Å²) in [7, 11) is 1.57. The van der Waals surface area contributed by atoms with Gasteiger partial charge in [-0.15, -0.1) is 0 Å². The molecule has 0 bridgehead atoms. The zero-order valence-corrected chi connectivity index (χ0v) is 14.3. The molecule has 0 atom stereocenters. The van der Waals surface area contributed by atoms with Gasteiger partial charge in [0.15, 0.2) is 11.5 Å². The lowest BCUT2D eigenvalue weighted by Gasteiger charge is -2.12. The normalized spacial score (nSPS) is 10.8. The zero-order chi connectivity index (χ0) is 18.4. The van der Waals surface area contributed by atoms with Crippen molar-refractivity contribution in [1.82, 2.24) is 5.43 Å². The van der Waals surface area contributed by atoms with Gasteiger partial charge in [0.2, 0.25) is 0 Å². The maximum Gasteiger partial charge on any atom is 0.332 e. The number of primary amides is 1. The smallest absolute Gasteiger partial charge is 0.332 e. The van der Waals surface area contributed by atoms with Crippen molar-refractivity contribution in [2.75, 3.05) is 7.11 Å². The van der Waals surface area contributed by atoms with Crippen LogP contribution in [-0.2, 0) is 6.61 Å². The van der Waals surface area contributed by atoms with Crippen LogP contribution in [0.4, 0.5) is 4.79 Å². The van der Waals surface area contributed by atoms with Gasteiger partial charge in [-0.2, -0.15) is 5.10 Å². The second kappa shape index (κ2) is 8.02. The van der Waals surface area contributed by atoms with Crippen LogP contribution in [0.1, 0.15) is 11.1 Å². The van der Waals surface area contributed by atoms with Crippen molar-refractivity contribution in [3.8, 4) is 11.5 Å². The van der Waals surface area contributed by atoms with E-state index < -0.39 is 6.03 Å². The highest BCUT2D eigenvalue weighted by Gasteiger charge is 2.07. The van der Waals surface area contributed by atoms with E-state index in [2.05, 4.69) is 28.7 Å². The Hall–Kier alpha value is -3.54. The number of urea groups is 1. The van der Waals surface area contributed by atoms with E-state index in [0.29, 0.717) is 18.1 Å². The Morgan fingerprint density at radius 1 is 1.12 bits per heavy atom. The number of nitrogens with two attached hydrogens (primary N) is 1. The number of hydrazone groups is 1. The fraction of sp³-hybridized carbons (Fsp3) is 0.100. The van der Waals surface area contributed by atoms with Gasteiger partial charge in [0.25, 0.3) is 0 Å². The van der Waals surface area contributed by atoms with Gasteiger partial charge in [0.1, 0.15) is 6.61 Å². The van der Waals surface area contributed by atoms with E-state index in [-0.39, 0.29) is 0 Å². The fourth-order valence-corrected chi connectivity index (χ4v) is 2.63. The molecule has 3 aromatic rings. The highest BCUT2D eigenvalue weighted by Crippen LogP contribution is 2.29. The molecular weight excluding hydrogens is 330 g/mol. The minimum Gasteiger partial charge on any atom is -0.493 e. The summed E-state index contributed by atoms with van der Waals surface area (Å²) < 4.78 is 11.4. The third-order valence-electron chi connectivity index (χ3n) is 3.84. The number of carbonyl (C=O) groups is 1. The Labute approximate surface area is 151 Å². The van der Waals surface area contributed by atoms with Crippen LogP contribution >= 0.6 is 0 Å². The summed E-state index contributed by atoms with van der Waals surface area (Å²) in [6.45, 7) is 0.425. The monoisotopic (exact) mass is 349 g/mol. The number of carbonyl (C=O) groups excluding carboxylic acids is 1. The molecule has 0 fully saturated rings. The largest absolute Gasteiger partial charge is 0.493 e. The molecule has 3 aromatic carbocycles. The van der Waals surface area contributed by atoms with Crippen LogP contribution < -0.4 is 20.6 Å². The number of nitrogens with zero attached hydrogens (tertiary/aromatic N) is 1. The molecule has 6 heteroatoms. The second-order valence-corrected chi connectivity index (χ2v) is 5.57. The van der Waals surface area contributed by atoms with Crippen molar-refractivity contribution < 1.29 is 14.3 Å². The first-order chi connectivity index (χ1) is 12.7. The Morgan fingerprint density at radius 3 is 2.73 bits per heavy atom. The van der Waals surface area contributed by atoms with E-state index in [4.69, 9.17) is 15.2 Å². The van der Waals surface area contributed by atoms with Gasteiger partial charge in [-0.25, -0.2) is 10.2 Å². The van der Waals surface area contributed by atoms with Crippen molar-refractivity contribution in [2.24, 2.45) is 10.8 Å². The summed E-state index contributed by atoms with van der Waals surface area (Å²) in [5, 5.41) is 6.07. The van der Waals surface area contributed by atoms with Gasteiger partial charge in [0.05, 0.1) is 13.3 Å². The van der Waals surface area contributed by atoms with Gasteiger partial charge >= 0.3 is 6.03 Å². The average Bonchev–Trinajstić information content (AvgIpc) is 2.66. The number of hydrogen-bond acceptors (Lipinski definition) is 4. The minimum absolute atomic E-state index is 0.425. The molecule has 0 aliphatic carbocycles. The molecule has 6 nitrogen and oxygen atoms in total. The van der Waals surface area contributed by atoms with Crippen molar-refractivity contribution >= 4 is 23.0 Å². The number of amides is 2. The zero-order valence-electron chi connectivity index (χ0n) is 14.3. The molecule has 3 N–H and O–H groups in total. The van der Waals surface area contributed by atoms with Gasteiger partial charge in [-0.1, -0.05) is 42.5 Å². The molecule has 3 rings (SSSR count). The Kier molecular flexibility index (Phi) is 5.34. The number of hydrogen-bond donors (Lipinski definition) is 2. The molecule has 0 saturated heterocycles. The molecule has 2 amide bonds. The molecule has 0 aliphatic rings. The molecular formula is C20H19N3O3. The van der Waals surface area contributed by atoms with Gasteiger partial charge in [0, 0.05) is 0 Å². The van der Waals surface area contributed by atoms with E-state index >= 15 is 0 Å². The SMILES string of the molecule is COc1cc(C=NNC(N)=O)ccc1OCc1cccc2ccccc12. The van der Waals surface area contributed by atoms with Crippen LogP contribution in [0, 0.1) is 0 Å². The van der Waals surface area contributed by atoms with Crippen LogP contribution in [0.3, 0.4) is 0 Å². The first-order valence-electron chi connectivity index (χ1n) is 8.03. The molecule has 0 unspecified atom stereocenters. The van der Waals surface area contributed by atoms with Crippen LogP contribution in [0.15, 0.2) is 65.8 Å². The van der Waals surface area contributed by atoms with E-state index in [0.717, 1.165) is 16.5 Å². The Balaban J connectivity index is 1.77. The van der Waals surface area contributed by atoms with Crippen molar-refractivity contribution in [3.63, 3.8) is 0 Å². The number of ether oxygens (including phenoxy) is 2. The van der Waals surface area contributed by atoms with E-state index in [9.17, 15) is 4.79 Å². The predicted molar refractivity (Wildman–Crippen MR) is 102 cm³/mol. The van der Waals surface area contributed by atoms with E-state index in [1.165, 1.54) is 11.6 Å². The highest BCUT2D eigenvalue weighted by molar-refractivity contribution is 5.85. The van der Waals surface area contributed by atoms with Gasteiger partial charge in [-0.3, -0.25) is 0 Å². The van der Waals surface area contributed by atoms with Gasteiger partial charge in [-0.05, 0) is 40.1 Å². The fourth-order valence-electron chi connectivity index (χ4n) is 2.63. The number of fused-ring (bicyclic) bond motifs is 1. The third kappa shape index (κ3) is 4.10. The molecule has 132 valence electrons. The topological polar surface area (TPSA) is 85.9 Å². The van der Waals surface area contributed by atoms with Crippen LogP contribution in [0.5, 0.6) is 11.5 Å². The molecule has 0 saturated carbocycles. The summed E-state index contributed by atoms with van der Waals surface area (Å²) in [4.78, 5) is 10.6. The summed E-state index contributed by atoms with van der Waals surface area (Å²) in [5.74, 6) is 1.20. The number of methoxy groups -OCH3 is 1. The maximum atomic E-state index is 10.6. The first-order valence-corrected chi connectivity index (χ1v) is 8.03. The molecule has 0 spiro atoms. The Bertz CT molecular complexity index is 949. The molecule has 0 aliphatic heterocycles.